The van der Waals surface area contributed by atoms with Crippen LogP contribution < -0.4 is 4.74 Å². The molecular weight excluding hydrogens is 255 g/mol. The monoisotopic (exact) mass is 268 g/mol. The van der Waals surface area contributed by atoms with Crippen LogP contribution in [0, 0.1) is 24.1 Å². The summed E-state index contributed by atoms with van der Waals surface area (Å²) >= 11 is 0. The van der Waals surface area contributed by atoms with Gasteiger partial charge in [-0.1, -0.05) is 6.07 Å². The summed E-state index contributed by atoms with van der Waals surface area (Å²) in [4.78, 5) is 4.38. The number of benzene rings is 1. The molecule has 0 aliphatic heterocycles. The lowest BCUT2D eigenvalue weighted by molar-refractivity contribution is 0.424. The van der Waals surface area contributed by atoms with Crippen LogP contribution in [0.2, 0.25) is 0 Å². The Labute approximate surface area is 116 Å². The number of halogens is 1. The van der Waals surface area contributed by atoms with Crippen molar-refractivity contribution in [3.8, 4) is 17.7 Å². The minimum atomic E-state index is -0.457. The summed E-state index contributed by atoms with van der Waals surface area (Å²) in [6, 6.07) is 8.50. The van der Waals surface area contributed by atoms with Crippen LogP contribution in [0.25, 0.3) is 0 Å². The van der Waals surface area contributed by atoms with Crippen molar-refractivity contribution in [2.24, 2.45) is 0 Å². The molecule has 4 heteroatoms. The van der Waals surface area contributed by atoms with Crippen molar-refractivity contribution < 1.29 is 9.13 Å². The number of hydrogen-bond acceptors (Lipinski definition) is 3. The number of rotatable bonds is 2. The van der Waals surface area contributed by atoms with Gasteiger partial charge in [-0.05, 0) is 55.5 Å². The lowest BCUT2D eigenvalue weighted by atomic mass is 10.1. The molecule has 1 aliphatic carbocycles. The van der Waals surface area contributed by atoms with Gasteiger partial charge in [0, 0.05) is 5.69 Å². The normalized spacial score (nSPS) is 12.8. The summed E-state index contributed by atoms with van der Waals surface area (Å²) in [6.45, 7) is 1.85. The van der Waals surface area contributed by atoms with E-state index in [-0.39, 0.29) is 11.6 Å². The Morgan fingerprint density at radius 1 is 1.30 bits per heavy atom. The van der Waals surface area contributed by atoms with Crippen LogP contribution in [-0.4, -0.2) is 4.98 Å². The van der Waals surface area contributed by atoms with E-state index in [2.05, 4.69) is 11.1 Å². The zero-order valence-corrected chi connectivity index (χ0v) is 11.1. The summed E-state index contributed by atoms with van der Waals surface area (Å²) in [6.07, 6.45) is 2.86. The van der Waals surface area contributed by atoms with Gasteiger partial charge in [-0.25, -0.2) is 9.37 Å². The van der Waals surface area contributed by atoms with Gasteiger partial charge in [-0.15, -0.1) is 0 Å². The van der Waals surface area contributed by atoms with E-state index < -0.39 is 5.82 Å². The van der Waals surface area contributed by atoms with Crippen LogP contribution in [0.1, 0.15) is 28.8 Å². The highest BCUT2D eigenvalue weighted by Gasteiger charge is 2.18. The fraction of sp³-hybridized carbons (Fsp3) is 0.250. The topological polar surface area (TPSA) is 45.9 Å². The number of aryl methyl sites for hydroxylation is 3. The van der Waals surface area contributed by atoms with Crippen LogP contribution in [0.5, 0.6) is 11.6 Å². The van der Waals surface area contributed by atoms with Gasteiger partial charge in [0.15, 0.2) is 11.6 Å². The van der Waals surface area contributed by atoms with Crippen LogP contribution in [0.15, 0.2) is 24.3 Å². The average molecular weight is 268 g/mol. The number of pyridine rings is 1. The van der Waals surface area contributed by atoms with E-state index in [0.29, 0.717) is 5.56 Å². The smallest absolute Gasteiger partial charge is 0.237 e. The van der Waals surface area contributed by atoms with E-state index >= 15 is 0 Å². The minimum Gasteiger partial charge on any atom is -0.435 e. The summed E-state index contributed by atoms with van der Waals surface area (Å²) in [5.41, 5.74) is 3.29. The molecule has 0 bridgehead atoms. The van der Waals surface area contributed by atoms with Gasteiger partial charge in [-0.3, -0.25) is 0 Å². The zero-order valence-electron chi connectivity index (χ0n) is 11.1. The highest BCUT2D eigenvalue weighted by atomic mass is 19.1. The second-order valence-corrected chi connectivity index (χ2v) is 4.95. The largest absolute Gasteiger partial charge is 0.435 e. The van der Waals surface area contributed by atoms with E-state index in [9.17, 15) is 9.65 Å². The number of hydrogen-bond donors (Lipinski definition) is 0. The Bertz CT molecular complexity index is 719. The molecule has 0 spiro atoms. The van der Waals surface area contributed by atoms with E-state index in [1.807, 2.05) is 6.92 Å². The predicted octanol–water partition coefficient (Wildman–Crippen LogP) is 3.68. The highest BCUT2D eigenvalue weighted by Crippen LogP contribution is 2.30. The van der Waals surface area contributed by atoms with Gasteiger partial charge >= 0.3 is 0 Å². The third kappa shape index (κ3) is 2.23. The molecule has 0 amide bonds. The minimum absolute atomic E-state index is 0.104. The Morgan fingerprint density at radius 2 is 2.15 bits per heavy atom. The highest BCUT2D eigenvalue weighted by molar-refractivity contribution is 5.46. The van der Waals surface area contributed by atoms with E-state index in [1.165, 1.54) is 6.07 Å². The number of fused-ring (bicyclic) bond motifs is 1. The molecule has 3 nitrogen and oxygen atoms in total. The molecule has 3 rings (SSSR count). The van der Waals surface area contributed by atoms with Crippen molar-refractivity contribution in [1.29, 1.82) is 5.26 Å². The molecule has 1 aliphatic rings. The van der Waals surface area contributed by atoms with Gasteiger partial charge in [0.25, 0.3) is 0 Å². The molecule has 100 valence electrons. The molecule has 0 N–H and O–H groups in total. The standard InChI is InChI=1S/C16H13FN2O/c1-10-5-6-13(17)15(7-10)20-16-12(9-18)8-11-3-2-4-14(11)19-16/h5-8H,2-4H2,1H3. The molecule has 0 saturated heterocycles. The molecule has 1 heterocycles. The number of nitriles is 1. The van der Waals surface area contributed by atoms with Crippen molar-refractivity contribution in [1.82, 2.24) is 4.98 Å². The first kappa shape index (κ1) is 12.6. The predicted molar refractivity (Wildman–Crippen MR) is 72.2 cm³/mol. The Balaban J connectivity index is 2.02. The van der Waals surface area contributed by atoms with Crippen molar-refractivity contribution in [2.45, 2.75) is 26.2 Å². The summed E-state index contributed by atoms with van der Waals surface area (Å²) in [5, 5.41) is 9.19. The molecule has 0 fully saturated rings. The molecule has 1 aromatic heterocycles. The van der Waals surface area contributed by atoms with Crippen molar-refractivity contribution in [2.75, 3.05) is 0 Å². The van der Waals surface area contributed by atoms with Crippen molar-refractivity contribution in [3.63, 3.8) is 0 Å². The fourth-order valence-corrected chi connectivity index (χ4v) is 2.40. The first-order valence-electron chi connectivity index (χ1n) is 6.54. The lowest BCUT2D eigenvalue weighted by Gasteiger charge is -2.10. The third-order valence-corrected chi connectivity index (χ3v) is 3.43. The lowest BCUT2D eigenvalue weighted by Crippen LogP contribution is -1.98. The first-order valence-corrected chi connectivity index (χ1v) is 6.54. The zero-order chi connectivity index (χ0) is 14.1. The van der Waals surface area contributed by atoms with Gasteiger partial charge in [0.1, 0.15) is 11.6 Å². The van der Waals surface area contributed by atoms with E-state index in [1.54, 1.807) is 18.2 Å². The summed E-state index contributed by atoms with van der Waals surface area (Å²) in [7, 11) is 0. The molecule has 0 saturated carbocycles. The maximum atomic E-state index is 13.7. The number of ether oxygens (including phenoxy) is 1. The Kier molecular flexibility index (Phi) is 3.11. The molecule has 0 radical (unpaired) electrons. The Hall–Kier alpha value is -2.41. The van der Waals surface area contributed by atoms with Gasteiger partial charge in [-0.2, -0.15) is 5.26 Å². The van der Waals surface area contributed by atoms with Crippen LogP contribution in [0.4, 0.5) is 4.39 Å². The van der Waals surface area contributed by atoms with Gasteiger partial charge in [0.2, 0.25) is 5.88 Å². The number of aromatic nitrogens is 1. The summed E-state index contributed by atoms with van der Waals surface area (Å²) < 4.78 is 19.3. The fourth-order valence-electron chi connectivity index (χ4n) is 2.40. The molecular formula is C16H13FN2O. The Morgan fingerprint density at radius 3 is 2.95 bits per heavy atom. The van der Waals surface area contributed by atoms with Crippen LogP contribution in [-0.2, 0) is 12.8 Å². The van der Waals surface area contributed by atoms with Crippen LogP contribution >= 0.6 is 0 Å². The SMILES string of the molecule is Cc1ccc(F)c(Oc2nc3c(cc2C#N)CCC3)c1. The molecule has 0 unspecified atom stereocenters. The van der Waals surface area contributed by atoms with E-state index in [0.717, 1.165) is 36.1 Å². The summed E-state index contributed by atoms with van der Waals surface area (Å²) in [5.74, 6) is -0.161. The van der Waals surface area contributed by atoms with Gasteiger partial charge in [0.05, 0.1) is 0 Å². The molecule has 0 atom stereocenters. The van der Waals surface area contributed by atoms with E-state index in [4.69, 9.17) is 4.74 Å². The molecule has 2 aromatic rings. The maximum absolute atomic E-state index is 13.7. The van der Waals surface area contributed by atoms with Gasteiger partial charge < -0.3 is 4.74 Å². The molecule has 1 aromatic carbocycles. The van der Waals surface area contributed by atoms with Crippen LogP contribution in [0.3, 0.4) is 0 Å². The maximum Gasteiger partial charge on any atom is 0.237 e. The molecule has 20 heavy (non-hydrogen) atoms. The number of nitrogens with zero attached hydrogens (tertiary/aromatic N) is 2. The quantitative estimate of drug-likeness (QED) is 0.834. The van der Waals surface area contributed by atoms with Crippen molar-refractivity contribution in [3.05, 3.63) is 52.5 Å². The second kappa shape index (κ2) is 4.93. The average Bonchev–Trinajstić information content (AvgIpc) is 2.89. The third-order valence-electron chi connectivity index (χ3n) is 3.43. The first-order chi connectivity index (χ1) is 9.67. The second-order valence-electron chi connectivity index (χ2n) is 4.95. The van der Waals surface area contributed by atoms with Crippen molar-refractivity contribution >= 4 is 0 Å².